The number of nitrogens with one attached hydrogen (secondary N) is 2. The molecule has 0 aliphatic carbocycles. The molecule has 0 bridgehead atoms. The highest BCUT2D eigenvalue weighted by Gasteiger charge is 2.04. The summed E-state index contributed by atoms with van der Waals surface area (Å²) < 4.78 is 23.3. The van der Waals surface area contributed by atoms with E-state index in [-0.39, 0.29) is 38.1 Å². The average molecular weight is 447 g/mol. The number of amides is 2. The van der Waals surface area contributed by atoms with Gasteiger partial charge < -0.3 is 14.8 Å². The lowest BCUT2D eigenvalue weighted by atomic mass is 10.2. The van der Waals surface area contributed by atoms with Gasteiger partial charge in [-0.25, -0.2) is 9.18 Å². The maximum Gasteiger partial charge on any atom is 0.411 e. The Kier molecular flexibility index (Phi) is 8.94. The van der Waals surface area contributed by atoms with Crippen LogP contribution in [0.3, 0.4) is 0 Å². The van der Waals surface area contributed by atoms with E-state index in [9.17, 15) is 14.0 Å². The number of carbonyl (C=O) groups is 2. The van der Waals surface area contributed by atoms with Crippen LogP contribution < -0.4 is 10.6 Å². The van der Waals surface area contributed by atoms with E-state index in [0.717, 1.165) is 16.7 Å². The zero-order valence-electron chi connectivity index (χ0n) is 17.7. The number of hydrogen-bond acceptors (Lipinski definition) is 5. The van der Waals surface area contributed by atoms with Crippen LogP contribution >= 0.6 is 0 Å². The SMILES string of the molecule is O=C(COCc1ccc(F)cc1)NCC#Cc1ccc(NC(=O)OCc2cccnc2)cc1. The van der Waals surface area contributed by atoms with Crippen LogP contribution in [0.4, 0.5) is 14.9 Å². The van der Waals surface area contributed by atoms with Crippen LogP contribution in [0.5, 0.6) is 0 Å². The fourth-order valence-electron chi connectivity index (χ4n) is 2.61. The number of anilines is 1. The Balaban J connectivity index is 1.33. The number of carbonyl (C=O) groups excluding carboxylic acids is 2. The summed E-state index contributed by atoms with van der Waals surface area (Å²) >= 11 is 0. The van der Waals surface area contributed by atoms with E-state index in [0.29, 0.717) is 5.69 Å². The van der Waals surface area contributed by atoms with Gasteiger partial charge in [0.1, 0.15) is 19.0 Å². The number of aromatic nitrogens is 1. The number of nitrogens with zero attached hydrogens (tertiary/aromatic N) is 1. The second-order valence-electron chi connectivity index (χ2n) is 6.84. The first kappa shape index (κ1) is 23.4. The molecule has 168 valence electrons. The summed E-state index contributed by atoms with van der Waals surface area (Å²) in [6.45, 7) is 0.402. The van der Waals surface area contributed by atoms with Gasteiger partial charge in [-0.2, -0.15) is 0 Å². The molecule has 8 heteroatoms. The molecular formula is C25H22FN3O4. The fourth-order valence-corrected chi connectivity index (χ4v) is 2.61. The fraction of sp³-hybridized carbons (Fsp3) is 0.160. The smallest absolute Gasteiger partial charge is 0.411 e. The number of ether oxygens (including phenoxy) is 2. The molecule has 0 aliphatic rings. The molecule has 7 nitrogen and oxygen atoms in total. The minimum Gasteiger partial charge on any atom is -0.444 e. The zero-order valence-corrected chi connectivity index (χ0v) is 17.7. The predicted molar refractivity (Wildman–Crippen MR) is 120 cm³/mol. The average Bonchev–Trinajstić information content (AvgIpc) is 2.83. The van der Waals surface area contributed by atoms with Crippen molar-refractivity contribution in [1.82, 2.24) is 10.3 Å². The van der Waals surface area contributed by atoms with Gasteiger partial charge in [0.05, 0.1) is 13.2 Å². The van der Waals surface area contributed by atoms with E-state index in [1.807, 2.05) is 6.07 Å². The van der Waals surface area contributed by atoms with Crippen molar-refractivity contribution in [3.05, 3.63) is 95.6 Å². The van der Waals surface area contributed by atoms with Crippen LogP contribution in [0.15, 0.2) is 73.1 Å². The van der Waals surface area contributed by atoms with Gasteiger partial charge in [0, 0.05) is 29.2 Å². The monoisotopic (exact) mass is 447 g/mol. The maximum atomic E-state index is 12.8. The third-order valence-corrected chi connectivity index (χ3v) is 4.25. The lowest BCUT2D eigenvalue weighted by Gasteiger charge is -2.07. The number of hydrogen-bond donors (Lipinski definition) is 2. The third kappa shape index (κ3) is 8.81. The molecule has 2 N–H and O–H groups in total. The molecule has 0 aliphatic heterocycles. The van der Waals surface area contributed by atoms with Crippen molar-refractivity contribution in [2.45, 2.75) is 13.2 Å². The van der Waals surface area contributed by atoms with E-state index < -0.39 is 6.09 Å². The molecule has 0 spiro atoms. The van der Waals surface area contributed by atoms with Crippen LogP contribution in [0, 0.1) is 17.7 Å². The molecule has 1 aromatic heterocycles. The second kappa shape index (κ2) is 12.6. The number of rotatable bonds is 8. The highest BCUT2D eigenvalue weighted by atomic mass is 19.1. The number of benzene rings is 2. The van der Waals surface area contributed by atoms with Crippen molar-refractivity contribution in [3.63, 3.8) is 0 Å². The second-order valence-corrected chi connectivity index (χ2v) is 6.84. The molecule has 1 heterocycles. The van der Waals surface area contributed by atoms with Crippen LogP contribution in [0.2, 0.25) is 0 Å². The van der Waals surface area contributed by atoms with Crippen molar-refractivity contribution in [2.75, 3.05) is 18.5 Å². The molecule has 0 saturated carbocycles. The quantitative estimate of drug-likeness (QED) is 0.515. The van der Waals surface area contributed by atoms with E-state index >= 15 is 0 Å². The highest BCUT2D eigenvalue weighted by Crippen LogP contribution is 2.10. The first-order chi connectivity index (χ1) is 16.1. The normalized spacial score (nSPS) is 9.97. The Morgan fingerprint density at radius 2 is 1.76 bits per heavy atom. The van der Waals surface area contributed by atoms with Crippen molar-refractivity contribution >= 4 is 17.7 Å². The summed E-state index contributed by atoms with van der Waals surface area (Å²) in [5.41, 5.74) is 2.88. The summed E-state index contributed by atoms with van der Waals surface area (Å²) in [5.74, 6) is 5.16. The van der Waals surface area contributed by atoms with E-state index in [2.05, 4.69) is 27.5 Å². The maximum absolute atomic E-state index is 12.8. The molecule has 3 rings (SSSR count). The minimum atomic E-state index is -0.568. The minimum absolute atomic E-state index is 0.115. The van der Waals surface area contributed by atoms with Gasteiger partial charge in [-0.1, -0.05) is 30.0 Å². The molecule has 0 saturated heterocycles. The van der Waals surface area contributed by atoms with Crippen LogP contribution in [-0.4, -0.2) is 30.1 Å². The summed E-state index contributed by atoms with van der Waals surface area (Å²) in [6.07, 6.45) is 2.71. The Morgan fingerprint density at radius 1 is 0.970 bits per heavy atom. The Morgan fingerprint density at radius 3 is 2.48 bits per heavy atom. The van der Waals surface area contributed by atoms with Gasteiger partial charge in [0.25, 0.3) is 0 Å². The number of pyridine rings is 1. The summed E-state index contributed by atoms with van der Waals surface area (Å²) in [4.78, 5) is 27.6. The molecule has 0 unspecified atom stereocenters. The van der Waals surface area contributed by atoms with Gasteiger partial charge in [-0.05, 0) is 48.0 Å². The van der Waals surface area contributed by atoms with Crippen molar-refractivity contribution in [1.29, 1.82) is 0 Å². The van der Waals surface area contributed by atoms with Crippen LogP contribution in [0.25, 0.3) is 0 Å². The van der Waals surface area contributed by atoms with Crippen LogP contribution in [0.1, 0.15) is 16.7 Å². The van der Waals surface area contributed by atoms with Crippen LogP contribution in [-0.2, 0) is 27.5 Å². The van der Waals surface area contributed by atoms with E-state index in [1.54, 1.807) is 54.9 Å². The van der Waals surface area contributed by atoms with Gasteiger partial charge in [-0.3, -0.25) is 15.1 Å². The van der Waals surface area contributed by atoms with Crippen molar-refractivity contribution in [2.24, 2.45) is 0 Å². The first-order valence-electron chi connectivity index (χ1n) is 10.1. The molecule has 2 aromatic carbocycles. The number of halogens is 1. The molecule has 0 radical (unpaired) electrons. The predicted octanol–water partition coefficient (Wildman–Crippen LogP) is 3.65. The van der Waals surface area contributed by atoms with Gasteiger partial charge in [0.2, 0.25) is 5.91 Å². The third-order valence-electron chi connectivity index (χ3n) is 4.25. The van der Waals surface area contributed by atoms with E-state index in [1.165, 1.54) is 12.1 Å². The van der Waals surface area contributed by atoms with E-state index in [4.69, 9.17) is 9.47 Å². The highest BCUT2D eigenvalue weighted by molar-refractivity contribution is 5.84. The molecule has 2 amide bonds. The summed E-state index contributed by atoms with van der Waals surface area (Å²) in [5, 5.41) is 5.27. The molecule has 33 heavy (non-hydrogen) atoms. The van der Waals surface area contributed by atoms with Crippen molar-refractivity contribution < 1.29 is 23.5 Å². The topological polar surface area (TPSA) is 89.6 Å². The molecular weight excluding hydrogens is 425 g/mol. The first-order valence-corrected chi connectivity index (χ1v) is 10.1. The summed E-state index contributed by atoms with van der Waals surface area (Å²) in [7, 11) is 0. The Labute approximate surface area is 190 Å². The molecule has 0 fully saturated rings. The summed E-state index contributed by atoms with van der Waals surface area (Å²) in [6, 6.07) is 16.4. The lowest BCUT2D eigenvalue weighted by Crippen LogP contribution is -2.27. The molecule has 0 atom stereocenters. The lowest BCUT2D eigenvalue weighted by molar-refractivity contribution is -0.125. The Bertz CT molecular complexity index is 1110. The van der Waals surface area contributed by atoms with Crippen molar-refractivity contribution in [3.8, 4) is 11.8 Å². The van der Waals surface area contributed by atoms with Gasteiger partial charge >= 0.3 is 6.09 Å². The molecule has 3 aromatic rings. The largest absolute Gasteiger partial charge is 0.444 e. The van der Waals surface area contributed by atoms with Gasteiger partial charge in [0.15, 0.2) is 0 Å². The Hall–Kier alpha value is -4.22. The standard InChI is InChI=1S/C25H22FN3O4/c26-22-9-5-20(6-10-22)16-32-18-24(30)28-14-2-3-19-7-11-23(12-8-19)29-25(31)33-17-21-4-1-13-27-15-21/h1,4-13,15H,14,16-18H2,(H,28,30)(H,29,31). The van der Waals surface area contributed by atoms with Gasteiger partial charge in [-0.15, -0.1) is 0 Å². The zero-order chi connectivity index (χ0) is 23.3.